The van der Waals surface area contributed by atoms with Crippen LogP contribution in [0.1, 0.15) is 18.4 Å². The van der Waals surface area contributed by atoms with Crippen LogP contribution in [0.3, 0.4) is 0 Å². The van der Waals surface area contributed by atoms with Crippen molar-refractivity contribution in [3.63, 3.8) is 0 Å². The third-order valence-electron chi connectivity index (χ3n) is 5.51. The van der Waals surface area contributed by atoms with Crippen molar-refractivity contribution in [1.82, 2.24) is 9.21 Å². The maximum Gasteiger partial charge on any atom is 0.243 e. The van der Waals surface area contributed by atoms with Crippen molar-refractivity contribution in [3.05, 3.63) is 29.8 Å². The molecule has 0 bridgehead atoms. The number of ether oxygens (including phenoxy) is 1. The first-order valence-electron chi connectivity index (χ1n) is 8.63. The lowest BCUT2D eigenvalue weighted by Gasteiger charge is -2.39. The molecule has 0 aliphatic carbocycles. The van der Waals surface area contributed by atoms with E-state index in [0.717, 1.165) is 38.2 Å². The summed E-state index contributed by atoms with van der Waals surface area (Å²) in [6.07, 6.45) is 1.90. The van der Waals surface area contributed by atoms with Crippen LogP contribution in [0.25, 0.3) is 0 Å². The predicted octanol–water partition coefficient (Wildman–Crippen LogP) is 1.97. The Morgan fingerprint density at radius 3 is 2.42 bits per heavy atom. The monoisotopic (exact) mass is 352 g/mol. The molecule has 1 aromatic rings. The molecular formula is C18H28N2O3S. The second-order valence-electron chi connectivity index (χ2n) is 7.54. The normalized spacial score (nSPS) is 24.8. The second kappa shape index (κ2) is 6.75. The van der Waals surface area contributed by atoms with Gasteiger partial charge in [0.1, 0.15) is 0 Å². The van der Waals surface area contributed by atoms with Crippen LogP contribution in [0.5, 0.6) is 0 Å². The summed E-state index contributed by atoms with van der Waals surface area (Å²) in [6.45, 7) is 5.58. The molecule has 24 heavy (non-hydrogen) atoms. The van der Waals surface area contributed by atoms with E-state index < -0.39 is 10.0 Å². The molecule has 1 aromatic carbocycles. The number of hydrogen-bond donors (Lipinski definition) is 0. The van der Waals surface area contributed by atoms with Crippen LogP contribution in [0.2, 0.25) is 0 Å². The molecule has 2 fully saturated rings. The lowest BCUT2D eigenvalue weighted by atomic mass is 9.72. The fourth-order valence-electron chi connectivity index (χ4n) is 4.06. The van der Waals surface area contributed by atoms with Crippen LogP contribution in [0.15, 0.2) is 29.2 Å². The van der Waals surface area contributed by atoms with Gasteiger partial charge in [0.15, 0.2) is 0 Å². The highest BCUT2D eigenvalue weighted by atomic mass is 32.2. The summed E-state index contributed by atoms with van der Waals surface area (Å²) in [5.74, 6) is 0.358. The largest absolute Gasteiger partial charge is 0.381 e. The van der Waals surface area contributed by atoms with Gasteiger partial charge in [-0.1, -0.05) is 17.7 Å². The Labute approximate surface area is 145 Å². The van der Waals surface area contributed by atoms with E-state index in [1.807, 2.05) is 19.1 Å². The fourth-order valence-corrected chi connectivity index (χ4v) is 5.64. The van der Waals surface area contributed by atoms with Crippen LogP contribution in [0, 0.1) is 18.3 Å². The lowest BCUT2D eigenvalue weighted by molar-refractivity contribution is -0.00333. The van der Waals surface area contributed by atoms with Gasteiger partial charge >= 0.3 is 0 Å². The Balaban J connectivity index is 1.87. The van der Waals surface area contributed by atoms with Crippen molar-refractivity contribution in [2.75, 3.05) is 46.9 Å². The molecule has 0 saturated carbocycles. The number of benzene rings is 1. The van der Waals surface area contributed by atoms with E-state index in [4.69, 9.17) is 4.74 Å². The Morgan fingerprint density at radius 2 is 1.83 bits per heavy atom. The third kappa shape index (κ3) is 3.38. The molecule has 0 N–H and O–H groups in total. The lowest BCUT2D eigenvalue weighted by Crippen LogP contribution is -2.40. The number of sulfonamides is 1. The summed E-state index contributed by atoms with van der Waals surface area (Å²) in [5, 5.41) is 0. The minimum atomic E-state index is -3.43. The minimum Gasteiger partial charge on any atom is -0.381 e. The molecule has 2 saturated heterocycles. The van der Waals surface area contributed by atoms with E-state index in [2.05, 4.69) is 19.0 Å². The van der Waals surface area contributed by atoms with Crippen molar-refractivity contribution in [3.8, 4) is 0 Å². The first kappa shape index (κ1) is 17.9. The van der Waals surface area contributed by atoms with Crippen LogP contribution >= 0.6 is 0 Å². The van der Waals surface area contributed by atoms with E-state index in [1.165, 1.54) is 0 Å². The molecule has 0 amide bonds. The highest BCUT2D eigenvalue weighted by Gasteiger charge is 2.50. The van der Waals surface area contributed by atoms with Gasteiger partial charge in [0.2, 0.25) is 10.0 Å². The van der Waals surface area contributed by atoms with Crippen molar-refractivity contribution >= 4 is 10.0 Å². The fraction of sp³-hybridized carbons (Fsp3) is 0.667. The van der Waals surface area contributed by atoms with Gasteiger partial charge in [0.05, 0.1) is 4.90 Å². The Bertz CT molecular complexity index is 664. The van der Waals surface area contributed by atoms with Gasteiger partial charge < -0.3 is 9.64 Å². The SMILES string of the molecule is Cc1ccc(S(=O)(=O)N2CC(CN(C)C)C3(CCOCC3)C2)cc1. The van der Waals surface area contributed by atoms with Gasteiger partial charge in [-0.2, -0.15) is 4.31 Å². The first-order valence-corrected chi connectivity index (χ1v) is 10.1. The molecule has 1 atom stereocenters. The van der Waals surface area contributed by atoms with E-state index in [1.54, 1.807) is 16.4 Å². The molecule has 5 nitrogen and oxygen atoms in total. The molecule has 2 aliphatic rings. The van der Waals surface area contributed by atoms with Gasteiger partial charge in [-0.3, -0.25) is 0 Å². The molecule has 6 heteroatoms. The van der Waals surface area contributed by atoms with Crippen LogP contribution < -0.4 is 0 Å². The average Bonchev–Trinajstić information content (AvgIpc) is 2.87. The van der Waals surface area contributed by atoms with Crippen molar-refractivity contribution in [2.24, 2.45) is 11.3 Å². The number of hydrogen-bond acceptors (Lipinski definition) is 4. The molecule has 3 rings (SSSR count). The van der Waals surface area contributed by atoms with Crippen LogP contribution in [-0.2, 0) is 14.8 Å². The van der Waals surface area contributed by atoms with Gasteiger partial charge in [-0.15, -0.1) is 0 Å². The molecule has 0 radical (unpaired) electrons. The van der Waals surface area contributed by atoms with Gasteiger partial charge in [0, 0.05) is 32.8 Å². The summed E-state index contributed by atoms with van der Waals surface area (Å²) in [5.41, 5.74) is 1.13. The number of aryl methyl sites for hydroxylation is 1. The molecule has 1 unspecified atom stereocenters. The predicted molar refractivity (Wildman–Crippen MR) is 94.5 cm³/mol. The summed E-state index contributed by atoms with van der Waals surface area (Å²) in [6, 6.07) is 7.18. The quantitative estimate of drug-likeness (QED) is 0.831. The first-order chi connectivity index (χ1) is 11.3. The topological polar surface area (TPSA) is 49.9 Å². The van der Waals surface area contributed by atoms with Crippen molar-refractivity contribution in [1.29, 1.82) is 0 Å². The summed E-state index contributed by atoms with van der Waals surface area (Å²) in [4.78, 5) is 2.57. The summed E-state index contributed by atoms with van der Waals surface area (Å²) in [7, 11) is 0.694. The molecule has 134 valence electrons. The smallest absolute Gasteiger partial charge is 0.243 e. The van der Waals surface area contributed by atoms with Crippen LogP contribution in [0.4, 0.5) is 0 Å². The van der Waals surface area contributed by atoms with Gasteiger partial charge in [-0.05, 0) is 57.3 Å². The van der Waals surface area contributed by atoms with Crippen molar-refractivity contribution < 1.29 is 13.2 Å². The summed E-state index contributed by atoms with van der Waals surface area (Å²) < 4.78 is 33.4. The van der Waals surface area contributed by atoms with Crippen molar-refractivity contribution in [2.45, 2.75) is 24.7 Å². The molecule has 0 aromatic heterocycles. The molecule has 1 spiro atoms. The van der Waals surface area contributed by atoms with E-state index in [0.29, 0.717) is 23.9 Å². The minimum absolute atomic E-state index is 0.0558. The highest BCUT2D eigenvalue weighted by Crippen LogP contribution is 2.46. The second-order valence-corrected chi connectivity index (χ2v) is 9.48. The zero-order valence-electron chi connectivity index (χ0n) is 14.9. The van der Waals surface area contributed by atoms with Gasteiger partial charge in [-0.25, -0.2) is 8.42 Å². The standard InChI is InChI=1S/C18H28N2O3S/c1-15-4-6-17(7-5-15)24(21,22)20-13-16(12-19(2)3)18(14-20)8-10-23-11-9-18/h4-7,16H,8-14H2,1-3H3. The molecule has 2 aliphatic heterocycles. The number of nitrogens with zero attached hydrogens (tertiary/aromatic N) is 2. The van der Waals surface area contributed by atoms with Crippen LogP contribution in [-0.4, -0.2) is 64.6 Å². The van der Waals surface area contributed by atoms with Gasteiger partial charge in [0.25, 0.3) is 0 Å². The summed E-state index contributed by atoms with van der Waals surface area (Å²) >= 11 is 0. The third-order valence-corrected chi connectivity index (χ3v) is 7.34. The maximum absolute atomic E-state index is 13.1. The Morgan fingerprint density at radius 1 is 1.21 bits per heavy atom. The Hall–Kier alpha value is -0.950. The van der Waals surface area contributed by atoms with E-state index in [9.17, 15) is 8.42 Å². The number of rotatable bonds is 4. The van der Waals surface area contributed by atoms with E-state index in [-0.39, 0.29) is 5.41 Å². The maximum atomic E-state index is 13.1. The zero-order chi connectivity index (χ0) is 17.4. The Kier molecular flexibility index (Phi) is 5.02. The molecular weight excluding hydrogens is 324 g/mol. The van der Waals surface area contributed by atoms with E-state index >= 15 is 0 Å². The average molecular weight is 353 g/mol. The zero-order valence-corrected chi connectivity index (χ0v) is 15.7. The molecule has 2 heterocycles. The highest BCUT2D eigenvalue weighted by molar-refractivity contribution is 7.89.